The maximum absolute atomic E-state index is 4.62. The first-order valence-corrected chi connectivity index (χ1v) is 6.87. The summed E-state index contributed by atoms with van der Waals surface area (Å²) in [6.07, 6.45) is 3.45. The van der Waals surface area contributed by atoms with Gasteiger partial charge in [-0.15, -0.1) is 0 Å². The third-order valence-corrected chi connectivity index (χ3v) is 4.51. The Hall–Kier alpha value is -1.64. The van der Waals surface area contributed by atoms with Crippen molar-refractivity contribution in [1.29, 1.82) is 0 Å². The number of aryl methyl sites for hydroxylation is 2. The van der Waals surface area contributed by atoms with Crippen LogP contribution in [0.3, 0.4) is 0 Å². The summed E-state index contributed by atoms with van der Waals surface area (Å²) in [6, 6.07) is 8.88. The molecule has 1 heterocycles. The Morgan fingerprint density at radius 2 is 2.17 bits per heavy atom. The Bertz CT molecular complexity index is 587. The lowest BCUT2D eigenvalue weighted by Crippen LogP contribution is -2.00. The number of aromatic amines is 1. The minimum absolute atomic E-state index is 0.560. The molecule has 0 bridgehead atoms. The molecule has 0 saturated heterocycles. The van der Waals surface area contributed by atoms with Gasteiger partial charge in [-0.2, -0.15) is 5.10 Å². The van der Waals surface area contributed by atoms with E-state index in [1.165, 1.54) is 18.4 Å². The van der Waals surface area contributed by atoms with E-state index in [1.807, 2.05) is 0 Å². The van der Waals surface area contributed by atoms with Gasteiger partial charge in [-0.1, -0.05) is 31.2 Å². The summed E-state index contributed by atoms with van der Waals surface area (Å²) in [5.41, 5.74) is 3.08. The molecule has 1 saturated carbocycles. The standard InChI is InChI=1S/C15H17N3/c1-2-12-16-15(18-17-12)14-11-8-7-9-5-3-4-6-10(9)13(11)14/h3-6,11,13-14H,2,7-8H2,1H3,(H,16,17,18). The van der Waals surface area contributed by atoms with Crippen LogP contribution in [0.1, 0.15) is 48.0 Å². The molecule has 2 aromatic rings. The summed E-state index contributed by atoms with van der Waals surface area (Å²) in [5.74, 6) is 4.07. The van der Waals surface area contributed by atoms with E-state index in [4.69, 9.17) is 0 Å². The zero-order valence-electron chi connectivity index (χ0n) is 10.6. The molecule has 0 radical (unpaired) electrons. The van der Waals surface area contributed by atoms with E-state index >= 15 is 0 Å². The minimum Gasteiger partial charge on any atom is -0.263 e. The molecule has 1 N–H and O–H groups in total. The van der Waals surface area contributed by atoms with Crippen molar-refractivity contribution in [1.82, 2.24) is 15.2 Å². The van der Waals surface area contributed by atoms with E-state index in [1.54, 1.807) is 5.56 Å². The van der Waals surface area contributed by atoms with Gasteiger partial charge in [-0.05, 0) is 35.8 Å². The molecule has 2 aliphatic carbocycles. The predicted octanol–water partition coefficient (Wildman–Crippen LogP) is 2.81. The van der Waals surface area contributed by atoms with Gasteiger partial charge in [0.15, 0.2) is 5.82 Å². The molecule has 3 atom stereocenters. The van der Waals surface area contributed by atoms with Gasteiger partial charge >= 0.3 is 0 Å². The fourth-order valence-corrected chi connectivity index (χ4v) is 3.54. The van der Waals surface area contributed by atoms with Crippen LogP contribution in [0, 0.1) is 5.92 Å². The Kier molecular flexibility index (Phi) is 2.10. The SMILES string of the molecule is CCc1nc(C2C3CCc4ccccc4C32)n[nH]1. The van der Waals surface area contributed by atoms with Gasteiger partial charge in [0.05, 0.1) is 0 Å². The second-order valence-electron chi connectivity index (χ2n) is 5.45. The van der Waals surface area contributed by atoms with Crippen molar-refractivity contribution in [3.63, 3.8) is 0 Å². The normalized spacial score (nSPS) is 28.6. The number of nitrogens with zero attached hydrogens (tertiary/aromatic N) is 2. The molecule has 0 amide bonds. The van der Waals surface area contributed by atoms with Crippen LogP contribution in [0.25, 0.3) is 0 Å². The molecule has 1 fully saturated rings. The molecule has 2 aliphatic rings. The van der Waals surface area contributed by atoms with E-state index in [0.717, 1.165) is 24.0 Å². The van der Waals surface area contributed by atoms with Crippen LogP contribution in [0.15, 0.2) is 24.3 Å². The number of hydrogen-bond acceptors (Lipinski definition) is 2. The molecule has 4 rings (SSSR count). The van der Waals surface area contributed by atoms with Gasteiger partial charge in [0.25, 0.3) is 0 Å². The van der Waals surface area contributed by atoms with Crippen molar-refractivity contribution < 1.29 is 0 Å². The largest absolute Gasteiger partial charge is 0.263 e. The van der Waals surface area contributed by atoms with Crippen LogP contribution >= 0.6 is 0 Å². The van der Waals surface area contributed by atoms with Crippen LogP contribution in [0.5, 0.6) is 0 Å². The monoisotopic (exact) mass is 239 g/mol. The lowest BCUT2D eigenvalue weighted by Gasteiger charge is -2.13. The quantitative estimate of drug-likeness (QED) is 0.875. The van der Waals surface area contributed by atoms with Crippen LogP contribution in [-0.4, -0.2) is 15.2 Å². The van der Waals surface area contributed by atoms with Crippen molar-refractivity contribution in [3.8, 4) is 0 Å². The molecule has 0 aliphatic heterocycles. The second kappa shape index (κ2) is 3.67. The maximum atomic E-state index is 4.62. The first-order chi connectivity index (χ1) is 8.88. The van der Waals surface area contributed by atoms with E-state index < -0.39 is 0 Å². The van der Waals surface area contributed by atoms with Crippen LogP contribution in [-0.2, 0) is 12.8 Å². The number of H-pyrrole nitrogens is 1. The molecule has 3 unspecified atom stereocenters. The topological polar surface area (TPSA) is 41.6 Å². The van der Waals surface area contributed by atoms with Gasteiger partial charge in [0, 0.05) is 12.3 Å². The summed E-state index contributed by atoms with van der Waals surface area (Å²) in [7, 11) is 0. The van der Waals surface area contributed by atoms with Gasteiger partial charge < -0.3 is 0 Å². The van der Waals surface area contributed by atoms with Crippen molar-refractivity contribution in [2.75, 3.05) is 0 Å². The first kappa shape index (κ1) is 10.3. The van der Waals surface area contributed by atoms with Crippen LogP contribution < -0.4 is 0 Å². The molecule has 0 spiro atoms. The molecule has 3 heteroatoms. The Morgan fingerprint density at radius 1 is 1.28 bits per heavy atom. The van der Waals surface area contributed by atoms with Gasteiger partial charge in [0.2, 0.25) is 0 Å². The molecule has 18 heavy (non-hydrogen) atoms. The third-order valence-electron chi connectivity index (χ3n) is 4.51. The Morgan fingerprint density at radius 3 is 3.00 bits per heavy atom. The smallest absolute Gasteiger partial charge is 0.154 e. The van der Waals surface area contributed by atoms with Gasteiger partial charge in [-0.3, -0.25) is 5.10 Å². The molecular weight excluding hydrogens is 222 g/mol. The Labute approximate surface area is 107 Å². The number of rotatable bonds is 2. The maximum Gasteiger partial charge on any atom is 0.154 e. The zero-order chi connectivity index (χ0) is 12.1. The van der Waals surface area contributed by atoms with E-state index in [0.29, 0.717) is 11.8 Å². The molecule has 1 aromatic heterocycles. The van der Waals surface area contributed by atoms with E-state index in [2.05, 4.69) is 46.4 Å². The number of hydrogen-bond donors (Lipinski definition) is 1. The van der Waals surface area contributed by atoms with Crippen molar-refractivity contribution in [2.24, 2.45) is 5.92 Å². The highest BCUT2D eigenvalue weighted by atomic mass is 15.2. The predicted molar refractivity (Wildman–Crippen MR) is 69.5 cm³/mol. The second-order valence-corrected chi connectivity index (χ2v) is 5.45. The molecule has 3 nitrogen and oxygen atoms in total. The highest BCUT2D eigenvalue weighted by Gasteiger charge is 2.55. The average Bonchev–Trinajstić information content (AvgIpc) is 2.98. The highest BCUT2D eigenvalue weighted by Crippen LogP contribution is 2.64. The van der Waals surface area contributed by atoms with Gasteiger partial charge in [-0.25, -0.2) is 4.98 Å². The molecule has 1 aromatic carbocycles. The zero-order valence-corrected chi connectivity index (χ0v) is 10.6. The van der Waals surface area contributed by atoms with E-state index in [-0.39, 0.29) is 0 Å². The number of aromatic nitrogens is 3. The third kappa shape index (κ3) is 1.36. The highest BCUT2D eigenvalue weighted by molar-refractivity contribution is 5.42. The van der Waals surface area contributed by atoms with Crippen molar-refractivity contribution in [3.05, 3.63) is 47.0 Å². The lowest BCUT2D eigenvalue weighted by atomic mass is 9.92. The summed E-state index contributed by atoms with van der Waals surface area (Å²) >= 11 is 0. The first-order valence-electron chi connectivity index (χ1n) is 6.87. The van der Waals surface area contributed by atoms with Crippen LogP contribution in [0.2, 0.25) is 0 Å². The number of fused-ring (bicyclic) bond motifs is 3. The number of benzene rings is 1. The van der Waals surface area contributed by atoms with Crippen molar-refractivity contribution >= 4 is 0 Å². The lowest BCUT2D eigenvalue weighted by molar-refractivity contribution is 0.654. The molecular formula is C15H17N3. The minimum atomic E-state index is 0.560. The molecule has 92 valence electrons. The summed E-state index contributed by atoms with van der Waals surface area (Å²) in [5, 5.41) is 7.46. The average molecular weight is 239 g/mol. The van der Waals surface area contributed by atoms with Crippen molar-refractivity contribution in [2.45, 2.75) is 38.0 Å². The fourth-order valence-electron chi connectivity index (χ4n) is 3.54. The van der Waals surface area contributed by atoms with Crippen LogP contribution in [0.4, 0.5) is 0 Å². The fraction of sp³-hybridized carbons (Fsp3) is 0.467. The number of nitrogens with one attached hydrogen (secondary N) is 1. The summed E-state index contributed by atoms with van der Waals surface area (Å²) in [6.45, 7) is 2.11. The van der Waals surface area contributed by atoms with E-state index in [9.17, 15) is 0 Å². The summed E-state index contributed by atoms with van der Waals surface area (Å²) < 4.78 is 0. The summed E-state index contributed by atoms with van der Waals surface area (Å²) in [4.78, 5) is 4.62. The Balaban J connectivity index is 1.68. The van der Waals surface area contributed by atoms with Gasteiger partial charge in [0.1, 0.15) is 5.82 Å².